The van der Waals surface area contributed by atoms with Gasteiger partial charge in [-0.25, -0.2) is 9.18 Å². The minimum atomic E-state index is -4.83. The predicted molar refractivity (Wildman–Crippen MR) is 84.3 cm³/mol. The molecule has 1 heterocycles. The van der Waals surface area contributed by atoms with Gasteiger partial charge >= 0.3 is 12.3 Å². The second kappa shape index (κ2) is 6.70. The minimum absolute atomic E-state index is 0.116. The first kappa shape index (κ1) is 18.9. The predicted octanol–water partition coefficient (Wildman–Crippen LogP) is 3.14. The fraction of sp³-hybridized carbons (Fsp3) is 0.588. The highest BCUT2D eigenvalue weighted by Gasteiger charge is 2.53. The van der Waals surface area contributed by atoms with E-state index in [-0.39, 0.29) is 18.2 Å². The van der Waals surface area contributed by atoms with E-state index in [1.54, 1.807) is 0 Å². The van der Waals surface area contributed by atoms with E-state index in [2.05, 4.69) is 0 Å². The summed E-state index contributed by atoms with van der Waals surface area (Å²) in [7, 11) is 1.85. The monoisotopic (exact) mass is 376 g/mol. The van der Waals surface area contributed by atoms with Crippen LogP contribution in [0.3, 0.4) is 0 Å². The Labute approximate surface area is 148 Å². The van der Waals surface area contributed by atoms with Gasteiger partial charge in [0.15, 0.2) is 0 Å². The van der Waals surface area contributed by atoms with Crippen LogP contribution in [0.25, 0.3) is 0 Å². The molecular weight excluding hydrogens is 356 g/mol. The molecule has 0 radical (unpaired) electrons. The number of alkyl halides is 3. The summed E-state index contributed by atoms with van der Waals surface area (Å²) in [5.74, 6) is -1.36. The van der Waals surface area contributed by atoms with Crippen LogP contribution < -0.4 is 0 Å². The molecule has 144 valence electrons. The number of carbonyl (C=O) groups is 1. The maximum atomic E-state index is 13.6. The molecule has 1 saturated heterocycles. The van der Waals surface area contributed by atoms with Crippen LogP contribution in [0.4, 0.5) is 22.4 Å². The maximum Gasteiger partial charge on any atom is 0.419 e. The summed E-state index contributed by atoms with van der Waals surface area (Å²) in [6.45, 7) is 1.68. The number of halogens is 4. The molecule has 1 aliphatic heterocycles. The van der Waals surface area contributed by atoms with Crippen molar-refractivity contribution >= 4 is 6.09 Å². The number of hydrogen-bond donors (Lipinski definition) is 1. The van der Waals surface area contributed by atoms with Gasteiger partial charge in [0.25, 0.3) is 0 Å². The number of rotatable bonds is 4. The molecule has 2 aliphatic rings. The van der Waals surface area contributed by atoms with Gasteiger partial charge in [-0.3, -0.25) is 9.80 Å². The van der Waals surface area contributed by atoms with E-state index >= 15 is 0 Å². The Balaban J connectivity index is 1.91. The number of amides is 1. The Bertz CT molecular complexity index is 691. The van der Waals surface area contributed by atoms with Gasteiger partial charge in [-0.2, -0.15) is 13.2 Å². The van der Waals surface area contributed by atoms with Crippen molar-refractivity contribution in [3.05, 3.63) is 35.1 Å². The Morgan fingerprint density at radius 2 is 2.12 bits per heavy atom. The summed E-state index contributed by atoms with van der Waals surface area (Å²) in [5, 5.41) is 9.68. The molecule has 1 aromatic carbocycles. The number of carboxylic acid groups (broad SMARTS) is 1. The molecule has 1 atom stereocenters. The molecule has 0 spiro atoms. The molecule has 0 aromatic heterocycles. The molecule has 3 rings (SSSR count). The molecule has 1 aliphatic carbocycles. The van der Waals surface area contributed by atoms with Gasteiger partial charge in [0.2, 0.25) is 0 Å². The number of benzene rings is 1. The van der Waals surface area contributed by atoms with E-state index in [1.807, 2.05) is 11.9 Å². The van der Waals surface area contributed by atoms with Crippen LogP contribution in [0.1, 0.15) is 24.0 Å². The topological polar surface area (TPSA) is 53.0 Å². The molecule has 9 heteroatoms. The lowest BCUT2D eigenvalue weighted by atomic mass is 9.99. The highest BCUT2D eigenvalue weighted by Crippen LogP contribution is 2.52. The van der Waals surface area contributed by atoms with E-state index < -0.39 is 29.2 Å². The van der Waals surface area contributed by atoms with Gasteiger partial charge in [-0.15, -0.1) is 0 Å². The Morgan fingerprint density at radius 1 is 1.42 bits per heavy atom. The Kier molecular flexibility index (Phi) is 4.87. The van der Waals surface area contributed by atoms with E-state index in [9.17, 15) is 27.5 Å². The number of likely N-dealkylation sites (N-methyl/N-ethyl adjacent to an activating group) is 1. The Hall–Kier alpha value is -1.87. The largest absolute Gasteiger partial charge is 0.465 e. The summed E-state index contributed by atoms with van der Waals surface area (Å²) >= 11 is 0. The maximum absolute atomic E-state index is 13.6. The third kappa shape index (κ3) is 3.50. The van der Waals surface area contributed by atoms with Crippen molar-refractivity contribution in [3.8, 4) is 0 Å². The van der Waals surface area contributed by atoms with Crippen LogP contribution in [-0.4, -0.2) is 60.4 Å². The lowest BCUT2D eigenvalue weighted by Gasteiger charge is -2.38. The summed E-state index contributed by atoms with van der Waals surface area (Å²) in [4.78, 5) is 15.0. The highest BCUT2D eigenvalue weighted by atomic mass is 19.4. The summed E-state index contributed by atoms with van der Waals surface area (Å²) in [6.07, 6.45) is -5.24. The van der Waals surface area contributed by atoms with Crippen LogP contribution in [0.5, 0.6) is 0 Å². The molecule has 1 amide bonds. The SMILES string of the molecule is CN1CCOCC1CN(C(=O)O)C1(c2ccc(F)c(C(F)(F)F)c2)CC1. The van der Waals surface area contributed by atoms with Crippen LogP contribution in [0.2, 0.25) is 0 Å². The van der Waals surface area contributed by atoms with Gasteiger partial charge in [0.05, 0.1) is 30.4 Å². The van der Waals surface area contributed by atoms with Gasteiger partial charge in [0, 0.05) is 13.1 Å². The van der Waals surface area contributed by atoms with Crippen molar-refractivity contribution < 1.29 is 32.2 Å². The van der Waals surface area contributed by atoms with Crippen molar-refractivity contribution in [1.29, 1.82) is 0 Å². The lowest BCUT2D eigenvalue weighted by molar-refractivity contribution is -0.140. The first-order chi connectivity index (χ1) is 12.1. The van der Waals surface area contributed by atoms with Crippen molar-refractivity contribution in [2.24, 2.45) is 0 Å². The van der Waals surface area contributed by atoms with E-state index in [1.165, 1.54) is 11.0 Å². The standard InChI is InChI=1S/C17H20F4N2O3/c1-22-6-7-26-10-12(22)9-23(15(24)25)16(4-5-16)11-2-3-14(18)13(8-11)17(19,20)21/h2-3,8,12H,4-7,9-10H2,1H3,(H,24,25). The first-order valence-corrected chi connectivity index (χ1v) is 8.31. The molecule has 0 bridgehead atoms. The fourth-order valence-electron chi connectivity index (χ4n) is 3.44. The molecule has 1 unspecified atom stereocenters. The van der Waals surface area contributed by atoms with E-state index in [0.717, 1.165) is 12.1 Å². The average Bonchev–Trinajstić information content (AvgIpc) is 3.34. The average molecular weight is 376 g/mol. The quantitative estimate of drug-likeness (QED) is 0.821. The third-order valence-electron chi connectivity index (χ3n) is 5.20. The molecule has 1 saturated carbocycles. The molecule has 2 fully saturated rings. The molecule has 26 heavy (non-hydrogen) atoms. The van der Waals surface area contributed by atoms with Crippen LogP contribution in [0.15, 0.2) is 18.2 Å². The lowest BCUT2D eigenvalue weighted by Crippen LogP contribution is -2.53. The zero-order valence-corrected chi connectivity index (χ0v) is 14.2. The third-order valence-corrected chi connectivity index (χ3v) is 5.20. The number of ether oxygens (including phenoxy) is 1. The number of morpholine rings is 1. The summed E-state index contributed by atoms with van der Waals surface area (Å²) in [6, 6.07) is 2.56. The normalized spacial score (nSPS) is 22.9. The zero-order valence-electron chi connectivity index (χ0n) is 14.2. The van der Waals surface area contributed by atoms with Gasteiger partial charge in [-0.05, 0) is 37.6 Å². The second-order valence-electron chi connectivity index (χ2n) is 6.83. The van der Waals surface area contributed by atoms with Crippen LogP contribution in [-0.2, 0) is 16.5 Å². The number of hydrogen-bond acceptors (Lipinski definition) is 3. The van der Waals surface area contributed by atoms with Gasteiger partial charge in [0.1, 0.15) is 5.82 Å². The van der Waals surface area contributed by atoms with Gasteiger partial charge < -0.3 is 9.84 Å². The first-order valence-electron chi connectivity index (χ1n) is 8.31. The van der Waals surface area contributed by atoms with Crippen molar-refractivity contribution in [1.82, 2.24) is 9.80 Å². The minimum Gasteiger partial charge on any atom is -0.465 e. The smallest absolute Gasteiger partial charge is 0.419 e. The molecule has 1 aromatic rings. The Morgan fingerprint density at radius 3 is 2.65 bits per heavy atom. The van der Waals surface area contributed by atoms with Gasteiger partial charge in [-0.1, -0.05) is 6.07 Å². The zero-order chi connectivity index (χ0) is 19.1. The van der Waals surface area contributed by atoms with E-state index in [4.69, 9.17) is 4.74 Å². The molecule has 5 nitrogen and oxygen atoms in total. The van der Waals surface area contributed by atoms with Crippen molar-refractivity contribution in [2.75, 3.05) is 33.4 Å². The van der Waals surface area contributed by atoms with Crippen molar-refractivity contribution in [2.45, 2.75) is 30.6 Å². The molecule has 1 N–H and O–H groups in total. The van der Waals surface area contributed by atoms with E-state index in [0.29, 0.717) is 32.6 Å². The van der Waals surface area contributed by atoms with Crippen LogP contribution >= 0.6 is 0 Å². The van der Waals surface area contributed by atoms with Crippen LogP contribution in [0, 0.1) is 5.82 Å². The summed E-state index contributed by atoms with van der Waals surface area (Å²) in [5.41, 5.74) is -2.24. The van der Waals surface area contributed by atoms with Crippen molar-refractivity contribution in [3.63, 3.8) is 0 Å². The second-order valence-corrected chi connectivity index (χ2v) is 6.83. The molecular formula is C17H20F4N2O3. The summed E-state index contributed by atoms with van der Waals surface area (Å²) < 4.78 is 58.1. The fourth-order valence-corrected chi connectivity index (χ4v) is 3.44. The highest BCUT2D eigenvalue weighted by molar-refractivity contribution is 5.68. The number of nitrogens with zero attached hydrogens (tertiary/aromatic N) is 2.